The molecule has 3 aromatic rings. The minimum Gasteiger partial charge on any atom is -0.361 e. The molecule has 1 aliphatic heterocycles. The van der Waals surface area contributed by atoms with Crippen molar-refractivity contribution in [2.45, 2.75) is 58.4 Å². The van der Waals surface area contributed by atoms with Crippen molar-refractivity contribution < 1.29 is 9.59 Å². The molecule has 4 rings (SSSR count). The van der Waals surface area contributed by atoms with Crippen molar-refractivity contribution in [3.8, 4) is 0 Å². The maximum Gasteiger partial charge on any atom is 0.250 e. The zero-order valence-electron chi connectivity index (χ0n) is 21.4. The molecule has 6 heteroatoms. The monoisotopic (exact) mass is 474 g/mol. The quantitative estimate of drug-likeness (QED) is 0.421. The third-order valence-corrected chi connectivity index (χ3v) is 7.19. The van der Waals surface area contributed by atoms with Gasteiger partial charge in [-0.15, -0.1) is 0 Å². The second-order valence-electron chi connectivity index (χ2n) is 9.94. The van der Waals surface area contributed by atoms with Crippen molar-refractivity contribution in [3.63, 3.8) is 0 Å². The average Bonchev–Trinajstić information content (AvgIpc) is 3.29. The zero-order chi connectivity index (χ0) is 24.9. The van der Waals surface area contributed by atoms with Gasteiger partial charge in [-0.1, -0.05) is 56.2 Å². The smallest absolute Gasteiger partial charge is 0.250 e. The van der Waals surface area contributed by atoms with Gasteiger partial charge in [0.2, 0.25) is 11.8 Å². The maximum atomic E-state index is 14.3. The minimum atomic E-state index is -0.652. The number of hydrogen-bond acceptors (Lipinski definition) is 3. The van der Waals surface area contributed by atoms with Crippen LogP contribution in [-0.4, -0.2) is 43.0 Å². The van der Waals surface area contributed by atoms with Gasteiger partial charge in [0.05, 0.1) is 0 Å². The van der Waals surface area contributed by atoms with E-state index in [-0.39, 0.29) is 17.7 Å². The summed E-state index contributed by atoms with van der Waals surface area (Å²) in [6.45, 7) is 7.67. The van der Waals surface area contributed by atoms with Crippen LogP contribution < -0.4 is 15.5 Å². The lowest BCUT2D eigenvalue weighted by Crippen LogP contribution is -2.54. The number of nitrogens with one attached hydrogen (secondary N) is 3. The number of carbonyl (C=O) groups excluding carboxylic acids is 2. The van der Waals surface area contributed by atoms with E-state index in [0.29, 0.717) is 18.9 Å². The predicted molar refractivity (Wildman–Crippen MR) is 143 cm³/mol. The van der Waals surface area contributed by atoms with Crippen LogP contribution in [0.1, 0.15) is 55.7 Å². The Morgan fingerprint density at radius 2 is 2.00 bits per heavy atom. The van der Waals surface area contributed by atoms with Gasteiger partial charge >= 0.3 is 0 Å². The Bertz CT molecular complexity index is 1180. The Morgan fingerprint density at radius 3 is 2.77 bits per heavy atom. The number of anilines is 1. The van der Waals surface area contributed by atoms with E-state index >= 15 is 0 Å². The van der Waals surface area contributed by atoms with Crippen molar-refractivity contribution in [1.29, 1.82) is 0 Å². The first kappa shape index (κ1) is 25.0. The third kappa shape index (κ3) is 5.43. The zero-order valence-corrected chi connectivity index (χ0v) is 21.4. The number of nitrogens with zero attached hydrogens (tertiary/aromatic N) is 1. The molecule has 0 fully saturated rings. The standard InChI is InChI=1S/C29H38N4O2/c1-5-6-11-27(34)32-28(20(3)24-17-31-25-10-8-7-9-23(24)25)29(35)33-18-21(16-30-4)15-22-14-19(2)12-13-26(22)33/h7-10,12-14,17,20-21,28,30-31H,5-6,11,15-16,18H2,1-4H3,(H,32,34)/t20?,21-,28?/m1/s1. The molecule has 2 heterocycles. The molecule has 6 nitrogen and oxygen atoms in total. The van der Waals surface area contributed by atoms with Gasteiger partial charge in [0.25, 0.3) is 0 Å². The van der Waals surface area contributed by atoms with Crippen LogP contribution in [-0.2, 0) is 16.0 Å². The molecule has 0 bridgehead atoms. The fourth-order valence-corrected chi connectivity index (χ4v) is 5.31. The predicted octanol–water partition coefficient (Wildman–Crippen LogP) is 4.68. The number of aromatic nitrogens is 1. The Hall–Kier alpha value is -3.12. The maximum absolute atomic E-state index is 14.3. The summed E-state index contributed by atoms with van der Waals surface area (Å²) in [5, 5.41) is 7.50. The van der Waals surface area contributed by atoms with E-state index in [2.05, 4.69) is 53.7 Å². The first-order chi connectivity index (χ1) is 16.9. The van der Waals surface area contributed by atoms with Gasteiger partial charge < -0.3 is 20.5 Å². The van der Waals surface area contributed by atoms with Crippen molar-refractivity contribution in [1.82, 2.24) is 15.6 Å². The van der Waals surface area contributed by atoms with Gasteiger partial charge in [-0.25, -0.2) is 0 Å². The van der Waals surface area contributed by atoms with Gasteiger partial charge in [0.15, 0.2) is 0 Å². The summed E-state index contributed by atoms with van der Waals surface area (Å²) in [6, 6.07) is 13.8. The molecule has 2 amide bonds. The molecule has 2 unspecified atom stereocenters. The number of aromatic amines is 1. The summed E-state index contributed by atoms with van der Waals surface area (Å²) in [5.74, 6) is 0.0178. The first-order valence-corrected chi connectivity index (χ1v) is 12.8. The number of amides is 2. The van der Waals surface area contributed by atoms with Crippen LogP contribution in [0.3, 0.4) is 0 Å². The summed E-state index contributed by atoms with van der Waals surface area (Å²) >= 11 is 0. The number of benzene rings is 2. The fourth-order valence-electron chi connectivity index (χ4n) is 5.31. The molecule has 3 atom stereocenters. The van der Waals surface area contributed by atoms with E-state index in [0.717, 1.165) is 48.0 Å². The van der Waals surface area contributed by atoms with Crippen LogP contribution >= 0.6 is 0 Å². The van der Waals surface area contributed by atoms with Crippen molar-refractivity contribution in [2.75, 3.05) is 25.0 Å². The van der Waals surface area contributed by atoms with Crippen LogP contribution in [0.2, 0.25) is 0 Å². The SMILES string of the molecule is CCCCC(=O)NC(C(=O)N1C[C@@H](CNC)Cc2cc(C)ccc21)C(C)c1c[nH]c2ccccc12. The number of hydrogen-bond donors (Lipinski definition) is 3. The van der Waals surface area contributed by atoms with Crippen LogP contribution in [0.15, 0.2) is 48.7 Å². The fraction of sp³-hybridized carbons (Fsp3) is 0.448. The normalized spacial score (nSPS) is 17.1. The second kappa shape index (κ2) is 11.1. The molecule has 0 saturated carbocycles. The summed E-state index contributed by atoms with van der Waals surface area (Å²) < 4.78 is 0. The van der Waals surface area contributed by atoms with Gasteiger partial charge in [-0.3, -0.25) is 9.59 Å². The largest absolute Gasteiger partial charge is 0.361 e. The van der Waals surface area contributed by atoms with E-state index in [1.54, 1.807) is 0 Å². The molecule has 35 heavy (non-hydrogen) atoms. The molecule has 186 valence electrons. The molecule has 1 aromatic heterocycles. The third-order valence-electron chi connectivity index (χ3n) is 7.19. The van der Waals surface area contributed by atoms with Crippen LogP contribution in [0, 0.1) is 12.8 Å². The Labute approximate surface area is 208 Å². The highest BCUT2D eigenvalue weighted by Crippen LogP contribution is 2.34. The molecular weight excluding hydrogens is 436 g/mol. The number of unbranched alkanes of at least 4 members (excludes halogenated alkanes) is 1. The summed E-state index contributed by atoms with van der Waals surface area (Å²) in [5.41, 5.74) is 5.43. The van der Waals surface area contributed by atoms with Gasteiger partial charge in [0.1, 0.15) is 6.04 Å². The van der Waals surface area contributed by atoms with E-state index in [4.69, 9.17) is 0 Å². The number of H-pyrrole nitrogens is 1. The van der Waals surface area contributed by atoms with Gasteiger partial charge in [0, 0.05) is 41.7 Å². The Kier molecular flexibility index (Phi) is 7.91. The molecule has 0 spiro atoms. The number of para-hydroxylation sites is 1. The van der Waals surface area contributed by atoms with Crippen molar-refractivity contribution in [3.05, 3.63) is 65.4 Å². The highest BCUT2D eigenvalue weighted by atomic mass is 16.2. The lowest BCUT2D eigenvalue weighted by atomic mass is 9.88. The van der Waals surface area contributed by atoms with E-state index in [1.165, 1.54) is 11.1 Å². The van der Waals surface area contributed by atoms with E-state index in [9.17, 15) is 9.59 Å². The van der Waals surface area contributed by atoms with Crippen molar-refractivity contribution in [2.24, 2.45) is 5.92 Å². The van der Waals surface area contributed by atoms with Crippen LogP contribution in [0.5, 0.6) is 0 Å². The molecule has 0 saturated heterocycles. The highest BCUT2D eigenvalue weighted by Gasteiger charge is 2.36. The second-order valence-corrected chi connectivity index (χ2v) is 9.94. The summed E-state index contributed by atoms with van der Waals surface area (Å²) in [4.78, 5) is 32.4. The molecule has 3 N–H and O–H groups in total. The lowest BCUT2D eigenvalue weighted by Gasteiger charge is -2.38. The van der Waals surface area contributed by atoms with Gasteiger partial charge in [-0.2, -0.15) is 0 Å². The average molecular weight is 475 g/mol. The van der Waals surface area contributed by atoms with Crippen LogP contribution in [0.25, 0.3) is 10.9 Å². The summed E-state index contributed by atoms with van der Waals surface area (Å²) in [6.07, 6.45) is 5.09. The number of fused-ring (bicyclic) bond motifs is 2. The van der Waals surface area contributed by atoms with E-state index < -0.39 is 6.04 Å². The van der Waals surface area contributed by atoms with E-state index in [1.807, 2.05) is 43.3 Å². The molecule has 1 aliphatic rings. The number of carbonyl (C=O) groups is 2. The van der Waals surface area contributed by atoms with Crippen molar-refractivity contribution >= 4 is 28.4 Å². The lowest BCUT2D eigenvalue weighted by molar-refractivity contribution is -0.128. The minimum absolute atomic E-state index is 0.0430. The molecular formula is C29H38N4O2. The highest BCUT2D eigenvalue weighted by molar-refractivity contribution is 6.01. The first-order valence-electron chi connectivity index (χ1n) is 12.8. The Morgan fingerprint density at radius 1 is 1.20 bits per heavy atom. The number of aryl methyl sites for hydroxylation is 1. The molecule has 0 radical (unpaired) electrons. The Balaban J connectivity index is 1.71. The number of rotatable bonds is 9. The summed E-state index contributed by atoms with van der Waals surface area (Å²) in [7, 11) is 1.95. The molecule has 2 aromatic carbocycles. The molecule has 0 aliphatic carbocycles. The van der Waals surface area contributed by atoms with Gasteiger partial charge in [-0.05, 0) is 62.5 Å². The van der Waals surface area contributed by atoms with Crippen LogP contribution in [0.4, 0.5) is 5.69 Å². The topological polar surface area (TPSA) is 77.2 Å².